The maximum atomic E-state index is 13.3. The molecule has 2 aliphatic rings. The maximum absolute atomic E-state index is 13.3. The van der Waals surface area contributed by atoms with Crippen molar-refractivity contribution in [1.29, 1.82) is 0 Å². The van der Waals surface area contributed by atoms with Crippen molar-refractivity contribution in [2.75, 3.05) is 0 Å². The van der Waals surface area contributed by atoms with Crippen molar-refractivity contribution >= 4 is 24.0 Å². The average molecular weight is 593 g/mol. The van der Waals surface area contributed by atoms with Crippen LogP contribution in [0.2, 0.25) is 0 Å². The minimum absolute atomic E-state index is 0.0206. The number of benzene rings is 2. The summed E-state index contributed by atoms with van der Waals surface area (Å²) in [5.41, 5.74) is 4.79. The number of unbranched alkanes of at least 4 members (excludes halogenated alkanes) is 9. The van der Waals surface area contributed by atoms with Crippen molar-refractivity contribution in [3.8, 4) is 0 Å². The first-order valence-electron chi connectivity index (χ1n) is 17.1. The van der Waals surface area contributed by atoms with Crippen LogP contribution in [0, 0.1) is 0 Å². The van der Waals surface area contributed by atoms with Crippen LogP contribution in [0.25, 0.3) is 12.2 Å². The van der Waals surface area contributed by atoms with Crippen LogP contribution in [0.15, 0.2) is 85.2 Å². The van der Waals surface area contributed by atoms with Crippen LogP contribution in [0.5, 0.6) is 0 Å². The summed E-state index contributed by atoms with van der Waals surface area (Å²) in [4.78, 5) is 30.4. The summed E-state index contributed by atoms with van der Waals surface area (Å²) >= 11 is 0. The van der Waals surface area contributed by atoms with E-state index in [1.165, 1.54) is 47.9 Å². The van der Waals surface area contributed by atoms with Gasteiger partial charge in [0.25, 0.3) is 0 Å². The van der Waals surface area contributed by atoms with E-state index in [9.17, 15) is 9.59 Å². The number of allylic oxidation sites excluding steroid dienone is 2. The predicted octanol–water partition coefficient (Wildman–Crippen LogP) is 10.7. The molecule has 2 aromatic carbocycles. The first-order chi connectivity index (χ1) is 21.6. The monoisotopic (exact) mass is 592 g/mol. The van der Waals surface area contributed by atoms with E-state index in [4.69, 9.17) is 0 Å². The fraction of sp³-hybridized carbons (Fsp3) is 0.450. The zero-order chi connectivity index (χ0) is 31.0. The minimum atomic E-state index is -0.0206. The van der Waals surface area contributed by atoms with E-state index < -0.39 is 0 Å². The number of nitrogens with zero attached hydrogens (tertiary/aromatic N) is 2. The van der Waals surface area contributed by atoms with Gasteiger partial charge in [0.1, 0.15) is 0 Å². The smallest absolute Gasteiger partial charge is 0.227 e. The molecule has 4 rings (SSSR count). The Morgan fingerprint density at radius 1 is 0.591 bits per heavy atom. The number of amides is 2. The van der Waals surface area contributed by atoms with Crippen LogP contribution in [-0.2, 0) is 9.59 Å². The van der Waals surface area contributed by atoms with Gasteiger partial charge in [-0.05, 0) is 60.1 Å². The molecule has 2 heterocycles. The molecule has 2 amide bonds. The Bertz CT molecular complexity index is 1220. The summed E-state index contributed by atoms with van der Waals surface area (Å²) in [5, 5.41) is 0. The molecule has 2 aromatic rings. The molecule has 0 spiro atoms. The summed E-state index contributed by atoms with van der Waals surface area (Å²) in [5.74, 6) is 0.391. The molecule has 2 atom stereocenters. The van der Waals surface area contributed by atoms with E-state index in [0.29, 0.717) is 12.8 Å². The molecule has 0 aromatic heterocycles. The summed E-state index contributed by atoms with van der Waals surface area (Å²) in [6.45, 7) is 4.41. The van der Waals surface area contributed by atoms with Crippen molar-refractivity contribution in [3.63, 3.8) is 0 Å². The molecular formula is C40H52N2O2. The zero-order valence-electron chi connectivity index (χ0n) is 27.0. The van der Waals surface area contributed by atoms with Gasteiger partial charge in [-0.2, -0.15) is 0 Å². The topological polar surface area (TPSA) is 40.6 Å². The Hall–Kier alpha value is -3.66. The fourth-order valence-electron chi connectivity index (χ4n) is 6.15. The third kappa shape index (κ3) is 9.42. The fourth-order valence-corrected chi connectivity index (χ4v) is 6.15. The van der Waals surface area contributed by atoms with Crippen LogP contribution in [0.4, 0.5) is 0 Å². The molecule has 0 bridgehead atoms. The van der Waals surface area contributed by atoms with Crippen molar-refractivity contribution < 1.29 is 9.59 Å². The van der Waals surface area contributed by atoms with Gasteiger partial charge in [-0.3, -0.25) is 9.59 Å². The Kier molecular flexibility index (Phi) is 13.8. The molecule has 234 valence electrons. The van der Waals surface area contributed by atoms with E-state index in [2.05, 4.69) is 98.8 Å². The molecule has 0 N–H and O–H groups in total. The molecular weight excluding hydrogens is 540 g/mol. The van der Waals surface area contributed by atoms with E-state index in [1.807, 2.05) is 22.2 Å². The number of carbonyl (C=O) groups excluding carboxylic acids is 2. The lowest BCUT2D eigenvalue weighted by molar-refractivity contribution is -0.130. The Morgan fingerprint density at radius 3 is 1.43 bits per heavy atom. The van der Waals surface area contributed by atoms with Gasteiger partial charge in [0.15, 0.2) is 0 Å². The van der Waals surface area contributed by atoms with Gasteiger partial charge in [0, 0.05) is 25.2 Å². The van der Waals surface area contributed by atoms with Gasteiger partial charge >= 0.3 is 0 Å². The average Bonchev–Trinajstić information content (AvgIpc) is 3.05. The van der Waals surface area contributed by atoms with Gasteiger partial charge in [0.2, 0.25) is 11.8 Å². The Morgan fingerprint density at radius 2 is 1.00 bits per heavy atom. The first kappa shape index (κ1) is 33.2. The van der Waals surface area contributed by atoms with Crippen molar-refractivity contribution in [1.82, 2.24) is 9.80 Å². The van der Waals surface area contributed by atoms with Crippen molar-refractivity contribution in [2.45, 2.75) is 116 Å². The summed E-state index contributed by atoms with van der Waals surface area (Å²) in [6, 6.07) is 16.7. The predicted molar refractivity (Wildman–Crippen MR) is 184 cm³/mol. The molecule has 4 heteroatoms. The van der Waals surface area contributed by atoms with Gasteiger partial charge in [-0.1, -0.05) is 138 Å². The normalized spacial score (nSPS) is 17.4. The summed E-state index contributed by atoms with van der Waals surface area (Å²) in [7, 11) is 0. The molecule has 44 heavy (non-hydrogen) atoms. The number of rotatable bonds is 17. The van der Waals surface area contributed by atoms with E-state index in [0.717, 1.165) is 51.4 Å². The standard InChI is InChI=1S/C40H52N2O2/c1-3-5-7-13-25-37-35-23-19-17-21-33(35)29-31-41(37)39(43)27-15-11-9-10-12-16-28-40(44)42-32-30-34-22-18-20-24-36(34)38(42)26-14-8-6-4-2/h13-14,17-26,29-32,37-38H,3-12,15-16,27-28H2,1-2H3/b25-13+,26-14+. The van der Waals surface area contributed by atoms with E-state index >= 15 is 0 Å². The SMILES string of the molecule is CCCC/C=C/C1c2ccccc2C=CN1C(=O)CCCCCCCCC(=O)N1C=Cc2ccccc2C1/C=C/CCCC. The summed E-state index contributed by atoms with van der Waals surface area (Å²) in [6.07, 6.45) is 31.0. The lowest BCUT2D eigenvalue weighted by Gasteiger charge is -2.31. The zero-order valence-corrected chi connectivity index (χ0v) is 27.0. The van der Waals surface area contributed by atoms with Gasteiger partial charge in [0.05, 0.1) is 12.1 Å². The highest BCUT2D eigenvalue weighted by Gasteiger charge is 2.26. The van der Waals surface area contributed by atoms with E-state index in [-0.39, 0.29) is 23.9 Å². The molecule has 0 saturated carbocycles. The highest BCUT2D eigenvalue weighted by molar-refractivity contribution is 5.81. The molecule has 2 unspecified atom stereocenters. The third-order valence-corrected chi connectivity index (χ3v) is 8.75. The lowest BCUT2D eigenvalue weighted by Crippen LogP contribution is -2.31. The number of hydrogen-bond acceptors (Lipinski definition) is 2. The maximum Gasteiger partial charge on any atom is 0.227 e. The largest absolute Gasteiger partial charge is 0.308 e. The molecule has 2 aliphatic heterocycles. The van der Waals surface area contributed by atoms with Crippen LogP contribution in [-0.4, -0.2) is 21.6 Å². The first-order valence-corrected chi connectivity index (χ1v) is 17.1. The van der Waals surface area contributed by atoms with Crippen LogP contribution < -0.4 is 0 Å². The van der Waals surface area contributed by atoms with Crippen molar-refractivity contribution in [2.24, 2.45) is 0 Å². The summed E-state index contributed by atoms with van der Waals surface area (Å²) < 4.78 is 0. The highest BCUT2D eigenvalue weighted by Crippen LogP contribution is 2.33. The second-order valence-corrected chi connectivity index (χ2v) is 12.1. The Labute approximate surface area is 266 Å². The number of carbonyl (C=O) groups is 2. The number of fused-ring (bicyclic) bond motifs is 2. The second kappa shape index (κ2) is 18.2. The highest BCUT2D eigenvalue weighted by atomic mass is 16.2. The van der Waals surface area contributed by atoms with E-state index in [1.54, 1.807) is 0 Å². The van der Waals surface area contributed by atoms with Crippen LogP contribution in [0.3, 0.4) is 0 Å². The second-order valence-electron chi connectivity index (χ2n) is 12.1. The molecule has 0 fully saturated rings. The molecule has 4 nitrogen and oxygen atoms in total. The molecule has 0 radical (unpaired) electrons. The van der Waals surface area contributed by atoms with Crippen LogP contribution in [0.1, 0.15) is 138 Å². The van der Waals surface area contributed by atoms with Gasteiger partial charge < -0.3 is 9.80 Å². The minimum Gasteiger partial charge on any atom is -0.308 e. The third-order valence-electron chi connectivity index (χ3n) is 8.75. The lowest BCUT2D eigenvalue weighted by atomic mass is 9.94. The van der Waals surface area contributed by atoms with Crippen LogP contribution >= 0.6 is 0 Å². The quantitative estimate of drug-likeness (QED) is 0.135. The van der Waals surface area contributed by atoms with Gasteiger partial charge in [-0.15, -0.1) is 0 Å². The van der Waals surface area contributed by atoms with Crippen molar-refractivity contribution in [3.05, 3.63) is 107 Å². The molecule has 0 saturated heterocycles. The Balaban J connectivity index is 1.18. The van der Waals surface area contributed by atoms with Gasteiger partial charge in [-0.25, -0.2) is 0 Å². The molecule has 0 aliphatic carbocycles. The number of hydrogen-bond donors (Lipinski definition) is 0.